The summed E-state index contributed by atoms with van der Waals surface area (Å²) in [7, 11) is 0. The highest BCUT2D eigenvalue weighted by Crippen LogP contribution is 2.24. The quantitative estimate of drug-likeness (QED) is 0.303. The van der Waals surface area contributed by atoms with Gasteiger partial charge in [0.1, 0.15) is 5.57 Å². The van der Waals surface area contributed by atoms with Crippen LogP contribution in [0.15, 0.2) is 72.4 Å². The zero-order chi connectivity index (χ0) is 22.1. The van der Waals surface area contributed by atoms with E-state index >= 15 is 0 Å². The number of imide groups is 2. The molecule has 1 aliphatic heterocycles. The smallest absolute Gasteiger partial charge is 0.317 e. The lowest BCUT2D eigenvalue weighted by molar-refractivity contribution is -0.384. The SMILES string of the molecule is Cc1ccc(N2C(=O)NC(=O)/C(=C\c3cccn3-c3ccc([N+](=O)[O-])cc3)C2=O)cc1. The summed E-state index contributed by atoms with van der Waals surface area (Å²) in [5, 5.41) is 13.1. The molecular formula is C22H16N4O5. The maximum absolute atomic E-state index is 13.0. The average molecular weight is 416 g/mol. The van der Waals surface area contributed by atoms with Crippen molar-refractivity contribution in [1.82, 2.24) is 9.88 Å². The number of hydrogen-bond acceptors (Lipinski definition) is 5. The van der Waals surface area contributed by atoms with E-state index in [1.165, 1.54) is 18.2 Å². The van der Waals surface area contributed by atoms with E-state index in [4.69, 9.17) is 0 Å². The molecule has 154 valence electrons. The zero-order valence-corrected chi connectivity index (χ0v) is 16.3. The molecule has 1 saturated heterocycles. The first kappa shape index (κ1) is 19.8. The van der Waals surface area contributed by atoms with Crippen LogP contribution in [0.1, 0.15) is 11.3 Å². The van der Waals surface area contributed by atoms with Gasteiger partial charge in [0.05, 0.1) is 10.6 Å². The Balaban J connectivity index is 1.71. The molecule has 0 spiro atoms. The number of hydrogen-bond donors (Lipinski definition) is 1. The van der Waals surface area contributed by atoms with Gasteiger partial charge in [0.2, 0.25) is 0 Å². The number of nitrogens with zero attached hydrogens (tertiary/aromatic N) is 3. The number of carbonyl (C=O) groups is 3. The summed E-state index contributed by atoms with van der Waals surface area (Å²) in [6.45, 7) is 1.88. The van der Waals surface area contributed by atoms with Gasteiger partial charge in [-0.25, -0.2) is 9.69 Å². The molecule has 31 heavy (non-hydrogen) atoms. The Morgan fingerprint density at radius 2 is 1.58 bits per heavy atom. The Kier molecular flexibility index (Phi) is 4.92. The van der Waals surface area contributed by atoms with E-state index in [2.05, 4.69) is 5.32 Å². The molecule has 0 unspecified atom stereocenters. The highest BCUT2D eigenvalue weighted by atomic mass is 16.6. The van der Waals surface area contributed by atoms with Crippen molar-refractivity contribution in [3.05, 3.63) is 93.8 Å². The predicted molar refractivity (Wildman–Crippen MR) is 113 cm³/mol. The summed E-state index contributed by atoms with van der Waals surface area (Å²) in [5.74, 6) is -1.54. The van der Waals surface area contributed by atoms with Crippen LogP contribution in [-0.4, -0.2) is 27.3 Å². The minimum Gasteiger partial charge on any atom is -0.317 e. The number of amides is 4. The molecule has 1 aromatic heterocycles. The number of aromatic nitrogens is 1. The van der Waals surface area contributed by atoms with Crippen LogP contribution in [0.2, 0.25) is 0 Å². The van der Waals surface area contributed by atoms with E-state index in [1.54, 1.807) is 59.3 Å². The number of carbonyl (C=O) groups excluding carboxylic acids is 3. The normalized spacial score (nSPS) is 15.3. The second-order valence-corrected chi connectivity index (χ2v) is 6.87. The highest BCUT2D eigenvalue weighted by molar-refractivity contribution is 6.39. The number of urea groups is 1. The predicted octanol–water partition coefficient (Wildman–Crippen LogP) is 3.36. The fraction of sp³-hybridized carbons (Fsp3) is 0.0455. The minimum atomic E-state index is -0.818. The second kappa shape index (κ2) is 7.71. The number of aryl methyl sites for hydroxylation is 1. The summed E-state index contributed by atoms with van der Waals surface area (Å²) in [6, 6.07) is 15.2. The van der Waals surface area contributed by atoms with Gasteiger partial charge in [-0.05, 0) is 49.4 Å². The summed E-state index contributed by atoms with van der Waals surface area (Å²) in [5.41, 5.74) is 2.15. The first-order chi connectivity index (χ1) is 14.8. The number of non-ortho nitro benzene ring substituents is 1. The third kappa shape index (κ3) is 3.71. The Bertz CT molecular complexity index is 1240. The Morgan fingerprint density at radius 3 is 2.23 bits per heavy atom. The number of nitro benzene ring substituents is 1. The topological polar surface area (TPSA) is 115 Å². The first-order valence-corrected chi connectivity index (χ1v) is 9.25. The molecule has 0 radical (unpaired) electrons. The number of benzene rings is 2. The molecule has 2 heterocycles. The van der Waals surface area contributed by atoms with Crippen LogP contribution >= 0.6 is 0 Å². The zero-order valence-electron chi connectivity index (χ0n) is 16.3. The molecule has 0 aliphatic carbocycles. The van der Waals surface area contributed by atoms with Crippen molar-refractivity contribution in [2.45, 2.75) is 6.92 Å². The number of anilines is 1. The van der Waals surface area contributed by atoms with E-state index < -0.39 is 22.8 Å². The lowest BCUT2D eigenvalue weighted by atomic mass is 10.1. The molecule has 4 amide bonds. The van der Waals surface area contributed by atoms with Crippen LogP contribution in [0, 0.1) is 17.0 Å². The third-order valence-corrected chi connectivity index (χ3v) is 4.81. The molecule has 0 atom stereocenters. The Hall–Kier alpha value is -4.53. The van der Waals surface area contributed by atoms with Gasteiger partial charge < -0.3 is 4.57 Å². The van der Waals surface area contributed by atoms with Gasteiger partial charge in [0.25, 0.3) is 17.5 Å². The molecule has 1 fully saturated rings. The molecule has 4 rings (SSSR count). The maximum Gasteiger partial charge on any atom is 0.335 e. The minimum absolute atomic E-state index is 0.0510. The number of barbiturate groups is 1. The van der Waals surface area contributed by atoms with E-state index in [0.717, 1.165) is 10.5 Å². The number of nitrogens with one attached hydrogen (secondary N) is 1. The van der Waals surface area contributed by atoms with Crippen LogP contribution in [-0.2, 0) is 9.59 Å². The summed E-state index contributed by atoms with van der Waals surface area (Å²) in [6.07, 6.45) is 3.08. The van der Waals surface area contributed by atoms with Crippen molar-refractivity contribution < 1.29 is 19.3 Å². The lowest BCUT2D eigenvalue weighted by Gasteiger charge is -2.26. The third-order valence-electron chi connectivity index (χ3n) is 4.81. The molecule has 9 nitrogen and oxygen atoms in total. The van der Waals surface area contributed by atoms with Crippen molar-refractivity contribution >= 4 is 35.3 Å². The van der Waals surface area contributed by atoms with E-state index in [-0.39, 0.29) is 11.3 Å². The van der Waals surface area contributed by atoms with Crippen LogP contribution in [0.25, 0.3) is 11.8 Å². The van der Waals surface area contributed by atoms with Crippen molar-refractivity contribution in [2.75, 3.05) is 4.90 Å². The van der Waals surface area contributed by atoms with Crippen LogP contribution in [0.3, 0.4) is 0 Å². The second-order valence-electron chi connectivity index (χ2n) is 6.87. The summed E-state index contributed by atoms with van der Waals surface area (Å²) in [4.78, 5) is 49.0. The van der Waals surface area contributed by atoms with Gasteiger partial charge in [-0.2, -0.15) is 0 Å². The number of nitro groups is 1. The van der Waals surface area contributed by atoms with Crippen molar-refractivity contribution in [2.24, 2.45) is 0 Å². The largest absolute Gasteiger partial charge is 0.335 e. The molecule has 9 heteroatoms. The van der Waals surface area contributed by atoms with Crippen molar-refractivity contribution in [3.8, 4) is 5.69 Å². The molecule has 1 aliphatic rings. The van der Waals surface area contributed by atoms with Gasteiger partial charge in [0.15, 0.2) is 0 Å². The lowest BCUT2D eigenvalue weighted by Crippen LogP contribution is -2.54. The van der Waals surface area contributed by atoms with E-state index in [9.17, 15) is 24.5 Å². The van der Waals surface area contributed by atoms with Crippen LogP contribution < -0.4 is 10.2 Å². The highest BCUT2D eigenvalue weighted by Gasteiger charge is 2.36. The molecule has 1 N–H and O–H groups in total. The molecule has 2 aromatic carbocycles. The monoisotopic (exact) mass is 416 g/mol. The fourth-order valence-electron chi connectivity index (χ4n) is 3.22. The average Bonchev–Trinajstić information content (AvgIpc) is 3.20. The van der Waals surface area contributed by atoms with Gasteiger partial charge in [-0.15, -0.1) is 0 Å². The van der Waals surface area contributed by atoms with Crippen LogP contribution in [0.5, 0.6) is 0 Å². The standard InChI is InChI=1S/C22H16N4O5/c1-14-4-6-16(7-5-14)25-21(28)19(20(27)23-22(25)29)13-18-3-2-12-24(18)15-8-10-17(11-9-15)26(30)31/h2-13H,1H3,(H,23,27,29)/b19-13+. The Morgan fingerprint density at radius 1 is 0.935 bits per heavy atom. The molecule has 3 aromatic rings. The molecular weight excluding hydrogens is 400 g/mol. The van der Waals surface area contributed by atoms with Crippen molar-refractivity contribution in [1.29, 1.82) is 0 Å². The Labute approximate surface area is 176 Å². The summed E-state index contributed by atoms with van der Waals surface area (Å²) < 4.78 is 1.67. The van der Waals surface area contributed by atoms with Crippen LogP contribution in [0.4, 0.5) is 16.2 Å². The molecule has 0 bridgehead atoms. The van der Waals surface area contributed by atoms with Gasteiger partial charge >= 0.3 is 6.03 Å². The van der Waals surface area contributed by atoms with Gasteiger partial charge in [-0.1, -0.05) is 17.7 Å². The van der Waals surface area contributed by atoms with Crippen molar-refractivity contribution in [3.63, 3.8) is 0 Å². The fourth-order valence-corrected chi connectivity index (χ4v) is 3.22. The van der Waals surface area contributed by atoms with E-state index in [1.807, 2.05) is 6.92 Å². The van der Waals surface area contributed by atoms with Gasteiger partial charge in [0, 0.05) is 29.7 Å². The molecule has 0 saturated carbocycles. The number of rotatable bonds is 4. The maximum atomic E-state index is 13.0. The van der Waals surface area contributed by atoms with Gasteiger partial charge in [-0.3, -0.25) is 25.0 Å². The summed E-state index contributed by atoms with van der Waals surface area (Å²) >= 11 is 0. The van der Waals surface area contributed by atoms with E-state index in [0.29, 0.717) is 17.1 Å². The first-order valence-electron chi connectivity index (χ1n) is 9.25.